The second kappa shape index (κ2) is 7.21. The lowest BCUT2D eigenvalue weighted by molar-refractivity contribution is -0.119. The molecule has 0 bridgehead atoms. The normalized spacial score (nSPS) is 18.4. The van der Waals surface area contributed by atoms with Crippen LogP contribution >= 0.6 is 0 Å². The SMILES string of the molecule is CC(C)(C)Oc1ccc(O)c([C@H](N2CCNCC2)C(F)(F)CO)c1. The number of nitrogens with one attached hydrogen (secondary N) is 1. The number of aromatic hydroxyl groups is 1. The molecule has 2 rings (SSSR count). The van der Waals surface area contributed by atoms with Gasteiger partial charge in [0.15, 0.2) is 0 Å². The Labute approximate surface area is 141 Å². The van der Waals surface area contributed by atoms with Crippen molar-refractivity contribution < 1.29 is 23.7 Å². The average Bonchev–Trinajstić information content (AvgIpc) is 2.50. The zero-order valence-corrected chi connectivity index (χ0v) is 14.4. The van der Waals surface area contributed by atoms with Crippen molar-refractivity contribution in [1.29, 1.82) is 0 Å². The summed E-state index contributed by atoms with van der Waals surface area (Å²) in [6, 6.07) is 2.94. The lowest BCUT2D eigenvalue weighted by Crippen LogP contribution is -2.51. The number of halogens is 2. The van der Waals surface area contributed by atoms with Crippen LogP contribution in [0.25, 0.3) is 0 Å². The van der Waals surface area contributed by atoms with Crippen LogP contribution in [0.15, 0.2) is 18.2 Å². The molecule has 5 nitrogen and oxygen atoms in total. The van der Waals surface area contributed by atoms with E-state index in [-0.39, 0.29) is 11.3 Å². The van der Waals surface area contributed by atoms with Gasteiger partial charge < -0.3 is 20.3 Å². The van der Waals surface area contributed by atoms with Crippen LogP contribution in [0.4, 0.5) is 8.78 Å². The second-order valence-corrected chi connectivity index (χ2v) is 7.04. The number of benzene rings is 1. The molecule has 3 N–H and O–H groups in total. The maximum Gasteiger partial charge on any atom is 0.290 e. The summed E-state index contributed by atoms with van der Waals surface area (Å²) < 4.78 is 34.7. The van der Waals surface area contributed by atoms with E-state index in [1.54, 1.807) is 11.0 Å². The summed E-state index contributed by atoms with van der Waals surface area (Å²) in [5, 5.41) is 22.5. The van der Waals surface area contributed by atoms with E-state index in [4.69, 9.17) is 4.74 Å². The molecular formula is C17H26F2N2O3. The largest absolute Gasteiger partial charge is 0.508 e. The number of alkyl halides is 2. The Morgan fingerprint density at radius 1 is 1.25 bits per heavy atom. The highest BCUT2D eigenvalue weighted by Gasteiger charge is 2.45. The van der Waals surface area contributed by atoms with E-state index in [9.17, 15) is 19.0 Å². The molecule has 1 atom stereocenters. The zero-order chi connectivity index (χ0) is 18.0. The number of phenols is 1. The molecule has 1 fully saturated rings. The zero-order valence-electron chi connectivity index (χ0n) is 14.4. The predicted octanol–water partition coefficient (Wildman–Crippen LogP) is 2.14. The van der Waals surface area contributed by atoms with E-state index >= 15 is 0 Å². The van der Waals surface area contributed by atoms with Gasteiger partial charge in [0.25, 0.3) is 5.92 Å². The summed E-state index contributed by atoms with van der Waals surface area (Å²) in [5.74, 6) is -3.20. The molecule has 0 radical (unpaired) electrons. The third-order valence-electron chi connectivity index (χ3n) is 3.85. The summed E-state index contributed by atoms with van der Waals surface area (Å²) in [7, 11) is 0. The number of aliphatic hydroxyl groups is 1. The van der Waals surface area contributed by atoms with Gasteiger partial charge in [-0.2, -0.15) is 0 Å². The van der Waals surface area contributed by atoms with Gasteiger partial charge in [0.1, 0.15) is 29.7 Å². The molecular weight excluding hydrogens is 318 g/mol. The van der Waals surface area contributed by atoms with Gasteiger partial charge in [-0.1, -0.05) is 0 Å². The number of rotatable bonds is 5. The Kier molecular flexibility index (Phi) is 5.67. The van der Waals surface area contributed by atoms with Gasteiger partial charge in [0.05, 0.1) is 0 Å². The van der Waals surface area contributed by atoms with Gasteiger partial charge >= 0.3 is 0 Å². The fourth-order valence-corrected chi connectivity index (χ4v) is 2.89. The first kappa shape index (κ1) is 18.9. The third-order valence-corrected chi connectivity index (χ3v) is 3.85. The first-order valence-corrected chi connectivity index (χ1v) is 8.09. The molecule has 0 amide bonds. The molecule has 0 unspecified atom stereocenters. The highest BCUT2D eigenvalue weighted by molar-refractivity contribution is 5.42. The van der Waals surface area contributed by atoms with Crippen molar-refractivity contribution in [1.82, 2.24) is 10.2 Å². The molecule has 136 valence electrons. The van der Waals surface area contributed by atoms with Gasteiger partial charge in [-0.15, -0.1) is 0 Å². The minimum Gasteiger partial charge on any atom is -0.508 e. The molecule has 1 aliphatic rings. The lowest BCUT2D eigenvalue weighted by Gasteiger charge is -2.39. The number of ether oxygens (including phenoxy) is 1. The van der Waals surface area contributed by atoms with E-state index in [2.05, 4.69) is 5.32 Å². The van der Waals surface area contributed by atoms with Crippen molar-refractivity contribution in [3.63, 3.8) is 0 Å². The van der Waals surface area contributed by atoms with Crippen molar-refractivity contribution in [2.75, 3.05) is 32.8 Å². The highest BCUT2D eigenvalue weighted by Crippen LogP contribution is 2.41. The van der Waals surface area contributed by atoms with Crippen molar-refractivity contribution in [2.24, 2.45) is 0 Å². The van der Waals surface area contributed by atoms with Crippen LogP contribution in [-0.2, 0) is 0 Å². The molecule has 1 aromatic carbocycles. The van der Waals surface area contributed by atoms with Crippen LogP contribution in [-0.4, -0.2) is 59.4 Å². The molecule has 24 heavy (non-hydrogen) atoms. The number of aliphatic hydroxyl groups excluding tert-OH is 1. The van der Waals surface area contributed by atoms with Crippen LogP contribution in [0.5, 0.6) is 11.5 Å². The van der Waals surface area contributed by atoms with Gasteiger partial charge in [0, 0.05) is 31.7 Å². The van der Waals surface area contributed by atoms with E-state index in [1.807, 2.05) is 20.8 Å². The molecule has 0 aromatic heterocycles. The lowest BCUT2D eigenvalue weighted by atomic mass is 9.97. The maximum atomic E-state index is 14.5. The van der Waals surface area contributed by atoms with Gasteiger partial charge in [0.2, 0.25) is 0 Å². The third kappa shape index (κ3) is 4.55. The monoisotopic (exact) mass is 344 g/mol. The Morgan fingerprint density at radius 2 is 1.88 bits per heavy atom. The minimum atomic E-state index is -3.38. The molecule has 1 aliphatic heterocycles. The highest BCUT2D eigenvalue weighted by atomic mass is 19.3. The van der Waals surface area contributed by atoms with Crippen molar-refractivity contribution in [3.8, 4) is 11.5 Å². The number of hydrogen-bond donors (Lipinski definition) is 3. The first-order valence-electron chi connectivity index (χ1n) is 8.09. The predicted molar refractivity (Wildman–Crippen MR) is 87.7 cm³/mol. The molecule has 7 heteroatoms. The van der Waals surface area contributed by atoms with Crippen LogP contribution in [0.1, 0.15) is 32.4 Å². The summed E-state index contributed by atoms with van der Waals surface area (Å²) in [6.45, 7) is 6.26. The molecule has 1 saturated heterocycles. The molecule has 0 saturated carbocycles. The van der Waals surface area contributed by atoms with E-state index in [0.717, 1.165) is 0 Å². The van der Waals surface area contributed by atoms with Gasteiger partial charge in [-0.25, -0.2) is 8.78 Å². The van der Waals surface area contributed by atoms with E-state index < -0.39 is 24.2 Å². The Balaban J connectivity index is 2.42. The summed E-state index contributed by atoms with van der Waals surface area (Å²) in [4.78, 5) is 1.59. The molecule has 1 heterocycles. The number of phenolic OH excluding ortho intramolecular Hbond substituents is 1. The number of hydrogen-bond acceptors (Lipinski definition) is 5. The fraction of sp³-hybridized carbons (Fsp3) is 0.647. The van der Waals surface area contributed by atoms with Crippen molar-refractivity contribution in [2.45, 2.75) is 38.3 Å². The van der Waals surface area contributed by atoms with E-state index in [1.165, 1.54) is 12.1 Å². The summed E-state index contributed by atoms with van der Waals surface area (Å²) >= 11 is 0. The van der Waals surface area contributed by atoms with Crippen LogP contribution in [0, 0.1) is 0 Å². The molecule has 0 aliphatic carbocycles. The van der Waals surface area contributed by atoms with E-state index in [0.29, 0.717) is 31.9 Å². The Hall–Kier alpha value is -1.44. The number of nitrogens with zero attached hydrogens (tertiary/aromatic N) is 1. The van der Waals surface area contributed by atoms with Crippen LogP contribution in [0.3, 0.4) is 0 Å². The smallest absolute Gasteiger partial charge is 0.290 e. The molecule has 0 spiro atoms. The molecule has 1 aromatic rings. The fourth-order valence-electron chi connectivity index (χ4n) is 2.89. The average molecular weight is 344 g/mol. The van der Waals surface area contributed by atoms with Gasteiger partial charge in [-0.3, -0.25) is 4.90 Å². The first-order chi connectivity index (χ1) is 11.1. The Bertz CT molecular complexity index is 555. The van der Waals surface area contributed by atoms with Crippen molar-refractivity contribution >= 4 is 0 Å². The Morgan fingerprint density at radius 3 is 2.42 bits per heavy atom. The van der Waals surface area contributed by atoms with Gasteiger partial charge in [-0.05, 0) is 39.0 Å². The van der Waals surface area contributed by atoms with Crippen LogP contribution < -0.4 is 10.1 Å². The number of piperazine rings is 1. The van der Waals surface area contributed by atoms with Crippen molar-refractivity contribution in [3.05, 3.63) is 23.8 Å². The second-order valence-electron chi connectivity index (χ2n) is 7.04. The quantitative estimate of drug-likeness (QED) is 0.764. The standard InChI is InChI=1S/C17H26F2N2O3/c1-16(2,3)24-12-4-5-14(23)13(10-12)15(17(18,19)11-22)21-8-6-20-7-9-21/h4-5,10,15,20,22-23H,6-9,11H2,1-3H3/t15-/m0/s1. The minimum absolute atomic E-state index is 0.0673. The maximum absolute atomic E-state index is 14.5. The summed E-state index contributed by atoms with van der Waals surface area (Å²) in [5.41, 5.74) is -0.421. The van der Waals surface area contributed by atoms with Crippen LogP contribution in [0.2, 0.25) is 0 Å². The summed E-state index contributed by atoms with van der Waals surface area (Å²) in [6.07, 6.45) is 0. The topological polar surface area (TPSA) is 65.0 Å².